The van der Waals surface area contributed by atoms with Gasteiger partial charge in [-0.25, -0.2) is 4.79 Å². The Morgan fingerprint density at radius 3 is 2.81 bits per heavy atom. The summed E-state index contributed by atoms with van der Waals surface area (Å²) in [5, 5.41) is 3.70. The van der Waals surface area contributed by atoms with Crippen molar-refractivity contribution in [3.05, 3.63) is 34.3 Å². The molecule has 0 aliphatic carbocycles. The van der Waals surface area contributed by atoms with Crippen molar-refractivity contribution in [3.8, 4) is 0 Å². The van der Waals surface area contributed by atoms with Crippen LogP contribution in [0.15, 0.2) is 18.2 Å². The first-order valence-electron chi connectivity index (χ1n) is 5.28. The number of rotatable bonds is 3. The molecule has 1 aromatic carbocycles. The number of esters is 1. The number of hydrogen-bond acceptors (Lipinski definition) is 3. The van der Waals surface area contributed by atoms with Crippen LogP contribution in [0.2, 0.25) is 5.02 Å². The van der Waals surface area contributed by atoms with Crippen LogP contribution in [0, 0.1) is 5.92 Å². The standard InChI is InChI=1S/C12H14ClNO2/c1-16-12(15)10-3-2-8(5-11(10)13)4-9-6-14-7-9/h2-3,5,9,14H,4,6-7H2,1H3. The van der Waals surface area contributed by atoms with E-state index >= 15 is 0 Å². The van der Waals surface area contributed by atoms with Crippen LogP contribution in [-0.2, 0) is 11.2 Å². The third-order valence-electron chi connectivity index (χ3n) is 2.83. The van der Waals surface area contributed by atoms with Crippen LogP contribution in [0.5, 0.6) is 0 Å². The molecule has 1 fully saturated rings. The van der Waals surface area contributed by atoms with Gasteiger partial charge >= 0.3 is 5.97 Å². The van der Waals surface area contributed by atoms with E-state index in [1.807, 2.05) is 12.1 Å². The Hall–Kier alpha value is -1.06. The van der Waals surface area contributed by atoms with Gasteiger partial charge in [0.25, 0.3) is 0 Å². The maximum Gasteiger partial charge on any atom is 0.339 e. The first kappa shape index (κ1) is 11.4. The highest BCUT2D eigenvalue weighted by atomic mass is 35.5. The zero-order valence-corrected chi connectivity index (χ0v) is 9.88. The van der Waals surface area contributed by atoms with Gasteiger partial charge in [-0.15, -0.1) is 0 Å². The van der Waals surface area contributed by atoms with Gasteiger partial charge in [0.05, 0.1) is 17.7 Å². The van der Waals surface area contributed by atoms with Crippen LogP contribution in [0.3, 0.4) is 0 Å². The van der Waals surface area contributed by atoms with E-state index in [9.17, 15) is 4.79 Å². The number of carbonyl (C=O) groups is 1. The molecule has 1 aromatic rings. The first-order chi connectivity index (χ1) is 7.70. The smallest absolute Gasteiger partial charge is 0.339 e. The van der Waals surface area contributed by atoms with Gasteiger partial charge in [-0.2, -0.15) is 0 Å². The second-order valence-electron chi connectivity index (χ2n) is 4.03. The van der Waals surface area contributed by atoms with Crippen molar-refractivity contribution in [2.24, 2.45) is 5.92 Å². The number of halogens is 1. The van der Waals surface area contributed by atoms with Crippen molar-refractivity contribution >= 4 is 17.6 Å². The van der Waals surface area contributed by atoms with Gasteiger partial charge < -0.3 is 10.1 Å². The summed E-state index contributed by atoms with van der Waals surface area (Å²) in [5.41, 5.74) is 1.60. The van der Waals surface area contributed by atoms with Gasteiger partial charge in [0.2, 0.25) is 0 Å². The lowest BCUT2D eigenvalue weighted by Crippen LogP contribution is -2.43. The van der Waals surface area contributed by atoms with Crippen LogP contribution in [0.25, 0.3) is 0 Å². The summed E-state index contributed by atoms with van der Waals surface area (Å²) in [5.74, 6) is 0.307. The van der Waals surface area contributed by atoms with Crippen molar-refractivity contribution in [2.45, 2.75) is 6.42 Å². The predicted octanol–water partition coefficient (Wildman–Crippen LogP) is 1.89. The van der Waals surface area contributed by atoms with Gasteiger partial charge in [0, 0.05) is 0 Å². The van der Waals surface area contributed by atoms with Crippen molar-refractivity contribution in [2.75, 3.05) is 20.2 Å². The molecule has 0 unspecified atom stereocenters. The molecule has 2 rings (SSSR count). The molecule has 1 aliphatic heterocycles. The van der Waals surface area contributed by atoms with Crippen molar-refractivity contribution in [3.63, 3.8) is 0 Å². The van der Waals surface area contributed by atoms with Crippen LogP contribution < -0.4 is 5.32 Å². The molecule has 16 heavy (non-hydrogen) atoms. The fraction of sp³-hybridized carbons (Fsp3) is 0.417. The number of hydrogen-bond donors (Lipinski definition) is 1. The Balaban J connectivity index is 2.11. The number of nitrogens with one attached hydrogen (secondary N) is 1. The second kappa shape index (κ2) is 4.85. The predicted molar refractivity (Wildman–Crippen MR) is 62.9 cm³/mol. The molecule has 0 spiro atoms. The lowest BCUT2D eigenvalue weighted by Gasteiger charge is -2.27. The maximum atomic E-state index is 11.3. The second-order valence-corrected chi connectivity index (χ2v) is 4.44. The summed E-state index contributed by atoms with van der Waals surface area (Å²) in [6.45, 7) is 2.13. The van der Waals surface area contributed by atoms with E-state index < -0.39 is 0 Å². The number of benzene rings is 1. The number of methoxy groups -OCH3 is 1. The van der Waals surface area contributed by atoms with E-state index in [4.69, 9.17) is 11.6 Å². The van der Waals surface area contributed by atoms with Crippen LogP contribution >= 0.6 is 11.6 Å². The first-order valence-corrected chi connectivity index (χ1v) is 5.66. The van der Waals surface area contributed by atoms with Crippen LogP contribution in [0.1, 0.15) is 15.9 Å². The van der Waals surface area contributed by atoms with E-state index in [1.54, 1.807) is 6.07 Å². The zero-order valence-electron chi connectivity index (χ0n) is 9.13. The molecule has 0 radical (unpaired) electrons. The van der Waals surface area contributed by atoms with Gasteiger partial charge in [0.1, 0.15) is 0 Å². The van der Waals surface area contributed by atoms with Crippen LogP contribution in [-0.4, -0.2) is 26.2 Å². The molecule has 0 amide bonds. The maximum absolute atomic E-state index is 11.3. The quantitative estimate of drug-likeness (QED) is 0.819. The molecule has 1 heterocycles. The minimum Gasteiger partial charge on any atom is -0.465 e. The van der Waals surface area contributed by atoms with Gasteiger partial charge in [0.15, 0.2) is 0 Å². The highest BCUT2D eigenvalue weighted by Gasteiger charge is 2.18. The monoisotopic (exact) mass is 239 g/mol. The Bertz CT molecular complexity index is 402. The van der Waals surface area contributed by atoms with E-state index in [0.29, 0.717) is 16.5 Å². The highest BCUT2D eigenvalue weighted by molar-refractivity contribution is 6.33. The molecule has 1 saturated heterocycles. The Morgan fingerprint density at radius 2 is 2.31 bits per heavy atom. The van der Waals surface area contributed by atoms with Crippen molar-refractivity contribution < 1.29 is 9.53 Å². The zero-order chi connectivity index (χ0) is 11.5. The van der Waals surface area contributed by atoms with Crippen molar-refractivity contribution in [1.82, 2.24) is 5.32 Å². The summed E-state index contributed by atoms with van der Waals surface area (Å²) in [4.78, 5) is 11.3. The minimum absolute atomic E-state index is 0.387. The Labute approximate surface area is 99.7 Å². The fourth-order valence-corrected chi connectivity index (χ4v) is 2.07. The molecule has 0 aromatic heterocycles. The molecule has 86 valence electrons. The topological polar surface area (TPSA) is 38.3 Å². The normalized spacial score (nSPS) is 15.6. The Morgan fingerprint density at radius 1 is 1.56 bits per heavy atom. The van der Waals surface area contributed by atoms with Gasteiger partial charge in [-0.3, -0.25) is 0 Å². The van der Waals surface area contributed by atoms with E-state index in [2.05, 4.69) is 10.1 Å². The SMILES string of the molecule is COC(=O)c1ccc(CC2CNC2)cc1Cl. The largest absolute Gasteiger partial charge is 0.465 e. The molecule has 4 heteroatoms. The molecule has 0 bridgehead atoms. The molecular weight excluding hydrogens is 226 g/mol. The molecule has 0 saturated carbocycles. The van der Waals surface area contributed by atoms with E-state index in [0.717, 1.165) is 19.5 Å². The number of carbonyl (C=O) groups excluding carboxylic acids is 1. The number of ether oxygens (including phenoxy) is 1. The van der Waals surface area contributed by atoms with Crippen molar-refractivity contribution in [1.29, 1.82) is 0 Å². The van der Waals surface area contributed by atoms with Gasteiger partial charge in [-0.05, 0) is 43.1 Å². The summed E-state index contributed by atoms with van der Waals surface area (Å²) in [6, 6.07) is 5.53. The molecule has 3 nitrogen and oxygen atoms in total. The fourth-order valence-electron chi connectivity index (χ4n) is 1.79. The third-order valence-corrected chi connectivity index (χ3v) is 3.14. The summed E-state index contributed by atoms with van der Waals surface area (Å²) in [7, 11) is 1.35. The minimum atomic E-state index is -0.387. The molecular formula is C12H14ClNO2. The van der Waals surface area contributed by atoms with E-state index in [-0.39, 0.29) is 5.97 Å². The van der Waals surface area contributed by atoms with Crippen LogP contribution in [0.4, 0.5) is 0 Å². The van der Waals surface area contributed by atoms with E-state index in [1.165, 1.54) is 12.7 Å². The molecule has 1 N–H and O–H groups in total. The molecule has 0 atom stereocenters. The summed E-state index contributed by atoms with van der Waals surface area (Å²) in [6.07, 6.45) is 1.01. The lowest BCUT2D eigenvalue weighted by molar-refractivity contribution is 0.0601. The Kier molecular flexibility index (Phi) is 3.46. The summed E-state index contributed by atoms with van der Waals surface area (Å²) >= 11 is 6.03. The third kappa shape index (κ3) is 2.36. The summed E-state index contributed by atoms with van der Waals surface area (Å²) < 4.78 is 4.64. The lowest BCUT2D eigenvalue weighted by atomic mass is 9.94. The average Bonchev–Trinajstić information content (AvgIpc) is 2.23. The average molecular weight is 240 g/mol. The van der Waals surface area contributed by atoms with Gasteiger partial charge in [-0.1, -0.05) is 17.7 Å². The molecule has 1 aliphatic rings. The highest BCUT2D eigenvalue weighted by Crippen LogP contribution is 2.21.